The third-order valence-electron chi connectivity index (χ3n) is 2.68. The molecular weight excluding hydrogens is 262 g/mol. The van der Waals surface area contributed by atoms with Crippen molar-refractivity contribution in [3.63, 3.8) is 0 Å². The van der Waals surface area contributed by atoms with Gasteiger partial charge in [0.05, 0.1) is 0 Å². The molecule has 98 valence electrons. The maximum atomic E-state index is 12.4. The van der Waals surface area contributed by atoms with E-state index in [1.165, 1.54) is 12.1 Å². The molecule has 0 saturated carbocycles. The molecule has 0 fully saturated rings. The summed E-state index contributed by atoms with van der Waals surface area (Å²) in [7, 11) is 0. The van der Waals surface area contributed by atoms with Crippen LogP contribution in [-0.2, 0) is 0 Å². The molecule has 0 N–H and O–H groups in total. The Hall–Kier alpha value is -2.92. The SMILES string of the molecule is N#CC(C#N)=Cc1c(OC(F)F)ccc2ccccc12. The zero-order chi connectivity index (χ0) is 14.5. The quantitative estimate of drug-likeness (QED) is 0.795. The third kappa shape index (κ3) is 2.73. The molecule has 0 unspecified atom stereocenters. The number of alkyl halides is 2. The van der Waals surface area contributed by atoms with Gasteiger partial charge in [-0.15, -0.1) is 0 Å². The smallest absolute Gasteiger partial charge is 0.387 e. The van der Waals surface area contributed by atoms with Crippen molar-refractivity contribution in [1.82, 2.24) is 0 Å². The molecule has 0 aliphatic rings. The number of nitrogens with zero attached hydrogens (tertiary/aromatic N) is 2. The summed E-state index contributed by atoms with van der Waals surface area (Å²) in [6.07, 6.45) is 1.25. The Labute approximate surface area is 113 Å². The summed E-state index contributed by atoms with van der Waals surface area (Å²) >= 11 is 0. The van der Waals surface area contributed by atoms with Crippen LogP contribution in [0, 0.1) is 22.7 Å². The van der Waals surface area contributed by atoms with E-state index in [0.29, 0.717) is 10.9 Å². The summed E-state index contributed by atoms with van der Waals surface area (Å²) in [5.74, 6) is -0.0679. The first-order valence-corrected chi connectivity index (χ1v) is 5.64. The van der Waals surface area contributed by atoms with E-state index in [1.54, 1.807) is 42.5 Å². The number of fused-ring (bicyclic) bond motifs is 1. The van der Waals surface area contributed by atoms with Gasteiger partial charge >= 0.3 is 6.61 Å². The van der Waals surface area contributed by atoms with E-state index in [0.717, 1.165) is 5.39 Å². The van der Waals surface area contributed by atoms with Crippen molar-refractivity contribution in [2.75, 3.05) is 0 Å². The van der Waals surface area contributed by atoms with Crippen LogP contribution in [0.5, 0.6) is 5.75 Å². The zero-order valence-corrected chi connectivity index (χ0v) is 10.2. The third-order valence-corrected chi connectivity index (χ3v) is 2.68. The summed E-state index contributed by atoms with van der Waals surface area (Å²) in [6, 6.07) is 13.5. The van der Waals surface area contributed by atoms with Crippen LogP contribution < -0.4 is 4.74 Å². The van der Waals surface area contributed by atoms with Gasteiger partial charge in [0, 0.05) is 5.56 Å². The molecule has 0 radical (unpaired) electrons. The summed E-state index contributed by atoms with van der Waals surface area (Å²) in [6.45, 7) is -2.98. The molecular formula is C15H8F2N2O. The van der Waals surface area contributed by atoms with E-state index in [4.69, 9.17) is 10.5 Å². The van der Waals surface area contributed by atoms with Crippen LogP contribution in [0.4, 0.5) is 8.78 Å². The average Bonchev–Trinajstić information content (AvgIpc) is 2.45. The predicted molar refractivity (Wildman–Crippen MR) is 69.8 cm³/mol. The van der Waals surface area contributed by atoms with Crippen LogP contribution in [0.15, 0.2) is 42.0 Å². The number of allylic oxidation sites excluding steroid dienone is 1. The Bertz CT molecular complexity index is 739. The van der Waals surface area contributed by atoms with Gasteiger partial charge in [-0.2, -0.15) is 19.3 Å². The lowest BCUT2D eigenvalue weighted by molar-refractivity contribution is -0.0498. The highest BCUT2D eigenvalue weighted by Crippen LogP contribution is 2.31. The van der Waals surface area contributed by atoms with Gasteiger partial charge in [0.1, 0.15) is 23.5 Å². The van der Waals surface area contributed by atoms with Gasteiger partial charge in [0.15, 0.2) is 0 Å². The second-order valence-corrected chi connectivity index (χ2v) is 3.86. The first-order chi connectivity index (χ1) is 9.65. The molecule has 0 bridgehead atoms. The topological polar surface area (TPSA) is 56.8 Å². The van der Waals surface area contributed by atoms with Crippen molar-refractivity contribution in [3.05, 3.63) is 47.5 Å². The van der Waals surface area contributed by atoms with Crippen LogP contribution in [0.2, 0.25) is 0 Å². The molecule has 2 aromatic carbocycles. The average molecular weight is 270 g/mol. The first-order valence-electron chi connectivity index (χ1n) is 5.64. The molecule has 0 spiro atoms. The number of benzene rings is 2. The molecule has 0 aliphatic heterocycles. The van der Waals surface area contributed by atoms with E-state index in [9.17, 15) is 8.78 Å². The molecule has 5 heteroatoms. The van der Waals surface area contributed by atoms with E-state index >= 15 is 0 Å². The van der Waals surface area contributed by atoms with Crippen LogP contribution in [0.3, 0.4) is 0 Å². The van der Waals surface area contributed by atoms with Crippen LogP contribution in [0.1, 0.15) is 5.56 Å². The number of rotatable bonds is 3. The maximum absolute atomic E-state index is 12.4. The number of hydrogen-bond acceptors (Lipinski definition) is 3. The lowest BCUT2D eigenvalue weighted by Crippen LogP contribution is -2.03. The van der Waals surface area contributed by atoms with Crippen molar-refractivity contribution in [3.8, 4) is 17.9 Å². The summed E-state index contributed by atoms with van der Waals surface area (Å²) in [4.78, 5) is 0. The van der Waals surface area contributed by atoms with Gasteiger partial charge in [-0.05, 0) is 22.9 Å². The Morgan fingerprint density at radius 3 is 2.45 bits per heavy atom. The number of ether oxygens (including phenoxy) is 1. The fourth-order valence-electron chi connectivity index (χ4n) is 1.86. The van der Waals surface area contributed by atoms with Gasteiger partial charge in [0.25, 0.3) is 0 Å². The number of halogens is 2. The molecule has 0 aliphatic carbocycles. The van der Waals surface area contributed by atoms with Crippen molar-refractivity contribution >= 4 is 16.8 Å². The minimum Gasteiger partial charge on any atom is -0.434 e. The van der Waals surface area contributed by atoms with E-state index in [2.05, 4.69) is 4.74 Å². The first kappa shape index (κ1) is 13.5. The maximum Gasteiger partial charge on any atom is 0.387 e. The lowest BCUT2D eigenvalue weighted by Gasteiger charge is -2.11. The Balaban J connectivity index is 2.72. The van der Waals surface area contributed by atoms with Crippen molar-refractivity contribution in [2.24, 2.45) is 0 Å². The molecule has 0 heterocycles. The molecule has 2 rings (SSSR count). The fraction of sp³-hybridized carbons (Fsp3) is 0.0667. The molecule has 0 aromatic heterocycles. The van der Waals surface area contributed by atoms with E-state index in [-0.39, 0.29) is 11.3 Å². The number of nitriles is 2. The van der Waals surface area contributed by atoms with Gasteiger partial charge < -0.3 is 4.74 Å². The van der Waals surface area contributed by atoms with Gasteiger partial charge in [-0.25, -0.2) is 0 Å². The highest BCUT2D eigenvalue weighted by molar-refractivity contribution is 5.94. The van der Waals surface area contributed by atoms with Crippen molar-refractivity contribution < 1.29 is 13.5 Å². The second kappa shape index (κ2) is 5.81. The normalized spacial score (nSPS) is 9.85. The molecule has 0 amide bonds. The van der Waals surface area contributed by atoms with E-state index < -0.39 is 6.61 Å². The standard InChI is InChI=1S/C15H8F2N2O/c16-15(17)20-14-6-5-11-3-1-2-4-12(11)13(14)7-10(8-18)9-19/h1-7,15H. The Morgan fingerprint density at radius 2 is 1.80 bits per heavy atom. The summed E-state index contributed by atoms with van der Waals surface area (Å²) in [5.41, 5.74) is 0.113. The second-order valence-electron chi connectivity index (χ2n) is 3.86. The van der Waals surface area contributed by atoms with E-state index in [1.807, 2.05) is 0 Å². The summed E-state index contributed by atoms with van der Waals surface area (Å²) in [5, 5.41) is 19.0. The molecule has 20 heavy (non-hydrogen) atoms. The van der Waals surface area contributed by atoms with Gasteiger partial charge in [0.2, 0.25) is 0 Å². The van der Waals surface area contributed by atoms with Gasteiger partial charge in [-0.3, -0.25) is 0 Å². The van der Waals surface area contributed by atoms with Crippen molar-refractivity contribution in [1.29, 1.82) is 10.5 Å². The monoisotopic (exact) mass is 270 g/mol. The minimum absolute atomic E-state index is 0.0679. The van der Waals surface area contributed by atoms with Crippen LogP contribution in [0.25, 0.3) is 16.8 Å². The van der Waals surface area contributed by atoms with Crippen LogP contribution >= 0.6 is 0 Å². The van der Waals surface area contributed by atoms with Crippen molar-refractivity contribution in [2.45, 2.75) is 6.61 Å². The fourth-order valence-corrected chi connectivity index (χ4v) is 1.86. The molecule has 2 aromatic rings. The zero-order valence-electron chi connectivity index (χ0n) is 10.2. The molecule has 0 atom stereocenters. The highest BCUT2D eigenvalue weighted by Gasteiger charge is 2.12. The molecule has 3 nitrogen and oxygen atoms in total. The highest BCUT2D eigenvalue weighted by atomic mass is 19.3. The Morgan fingerprint density at radius 1 is 1.10 bits per heavy atom. The lowest BCUT2D eigenvalue weighted by atomic mass is 10.0. The van der Waals surface area contributed by atoms with Crippen LogP contribution in [-0.4, -0.2) is 6.61 Å². The summed E-state index contributed by atoms with van der Waals surface area (Å²) < 4.78 is 29.3. The minimum atomic E-state index is -2.98. The largest absolute Gasteiger partial charge is 0.434 e. The predicted octanol–water partition coefficient (Wildman–Crippen LogP) is 3.87. The molecule has 0 saturated heterocycles. The van der Waals surface area contributed by atoms with Gasteiger partial charge in [-0.1, -0.05) is 30.3 Å². The Kier molecular flexibility index (Phi) is 3.93. The number of hydrogen-bond donors (Lipinski definition) is 0.